The van der Waals surface area contributed by atoms with Crippen LogP contribution in [0.4, 0.5) is 10.2 Å². The van der Waals surface area contributed by atoms with Gasteiger partial charge in [0.1, 0.15) is 5.82 Å². The van der Waals surface area contributed by atoms with Crippen molar-refractivity contribution in [1.82, 2.24) is 9.97 Å². The maximum atomic E-state index is 13.0. The number of oxime groups is 1. The molecule has 0 bridgehead atoms. The van der Waals surface area contributed by atoms with E-state index in [0.29, 0.717) is 16.8 Å². The fourth-order valence-electron chi connectivity index (χ4n) is 3.08. The highest BCUT2D eigenvalue weighted by Gasteiger charge is 2.40. The molecule has 0 saturated heterocycles. The Morgan fingerprint density at radius 2 is 1.81 bits per heavy atom. The van der Waals surface area contributed by atoms with E-state index >= 15 is 0 Å². The molecule has 1 aliphatic heterocycles. The molecule has 7 nitrogen and oxygen atoms in total. The summed E-state index contributed by atoms with van der Waals surface area (Å²) in [5.74, 6) is -0.760. The number of carbonyl (C=O) groups is 2. The zero-order valence-corrected chi connectivity index (χ0v) is 17.1. The van der Waals surface area contributed by atoms with Gasteiger partial charge in [-0.05, 0) is 56.7 Å². The number of Topliss-reactive ketones (excluding diaryl/α,β-unsaturated/α-hetero) is 1. The lowest BCUT2D eigenvalue weighted by atomic mass is 9.93. The van der Waals surface area contributed by atoms with E-state index < -0.39 is 17.3 Å². The number of benzene rings is 2. The maximum absolute atomic E-state index is 13.0. The van der Waals surface area contributed by atoms with Crippen molar-refractivity contribution in [3.8, 4) is 11.3 Å². The maximum Gasteiger partial charge on any atom is 0.256 e. The number of halogens is 1. The standard InChI is InChI=1S/C23H19FN4O3/c1-13-4-5-15(20-21(29)23(2,3)31-28-20)10-17(13)18-11-26-19(12-25-18)27-22(30)14-6-8-16(24)9-7-14/h4-12H,1-3H3,(H,26,27,30). The van der Waals surface area contributed by atoms with Gasteiger partial charge in [-0.3, -0.25) is 14.6 Å². The minimum atomic E-state index is -0.982. The molecule has 1 aliphatic rings. The lowest BCUT2D eigenvalue weighted by molar-refractivity contribution is -0.128. The second kappa shape index (κ2) is 7.71. The lowest BCUT2D eigenvalue weighted by Gasteiger charge is -2.12. The second-order valence-corrected chi connectivity index (χ2v) is 7.65. The quantitative estimate of drug-likeness (QED) is 0.693. The van der Waals surface area contributed by atoms with Crippen LogP contribution in [0.15, 0.2) is 60.0 Å². The first-order valence-corrected chi connectivity index (χ1v) is 9.56. The minimum Gasteiger partial charge on any atom is -0.381 e. The van der Waals surface area contributed by atoms with E-state index in [2.05, 4.69) is 20.4 Å². The molecule has 0 atom stereocenters. The van der Waals surface area contributed by atoms with Crippen LogP contribution < -0.4 is 5.32 Å². The van der Waals surface area contributed by atoms with Gasteiger partial charge in [-0.2, -0.15) is 0 Å². The van der Waals surface area contributed by atoms with Gasteiger partial charge in [0, 0.05) is 16.7 Å². The Morgan fingerprint density at radius 1 is 1.06 bits per heavy atom. The highest BCUT2D eigenvalue weighted by Crippen LogP contribution is 2.27. The average Bonchev–Trinajstić information content (AvgIpc) is 3.02. The van der Waals surface area contributed by atoms with E-state index in [0.717, 1.165) is 11.1 Å². The number of nitrogens with one attached hydrogen (secondary N) is 1. The second-order valence-electron chi connectivity index (χ2n) is 7.65. The van der Waals surface area contributed by atoms with Crippen molar-refractivity contribution in [3.05, 3.63) is 77.4 Å². The molecule has 8 heteroatoms. The van der Waals surface area contributed by atoms with Crippen LogP contribution in [0.5, 0.6) is 0 Å². The molecule has 0 spiro atoms. The van der Waals surface area contributed by atoms with Crippen molar-refractivity contribution in [1.29, 1.82) is 0 Å². The molecule has 0 saturated carbocycles. The van der Waals surface area contributed by atoms with Crippen LogP contribution in [-0.2, 0) is 9.63 Å². The molecule has 1 aromatic heterocycles. The molecule has 2 heterocycles. The van der Waals surface area contributed by atoms with Crippen molar-refractivity contribution in [2.45, 2.75) is 26.4 Å². The third-order valence-electron chi connectivity index (χ3n) is 4.91. The number of aryl methyl sites for hydroxylation is 1. The Morgan fingerprint density at radius 3 is 2.42 bits per heavy atom. The Hall–Kier alpha value is -3.94. The highest BCUT2D eigenvalue weighted by molar-refractivity contribution is 6.49. The molecule has 31 heavy (non-hydrogen) atoms. The molecule has 0 aliphatic carbocycles. The SMILES string of the molecule is Cc1ccc(C2=NOC(C)(C)C2=O)cc1-c1cnc(NC(=O)c2ccc(F)cc2)cn1. The van der Waals surface area contributed by atoms with E-state index in [4.69, 9.17) is 4.84 Å². The van der Waals surface area contributed by atoms with Crippen molar-refractivity contribution < 1.29 is 18.8 Å². The van der Waals surface area contributed by atoms with E-state index in [-0.39, 0.29) is 17.3 Å². The fraction of sp³-hybridized carbons (Fsp3) is 0.174. The summed E-state index contributed by atoms with van der Waals surface area (Å²) in [6.07, 6.45) is 2.97. The van der Waals surface area contributed by atoms with Crippen LogP contribution in [0.3, 0.4) is 0 Å². The highest BCUT2D eigenvalue weighted by atomic mass is 19.1. The fourth-order valence-corrected chi connectivity index (χ4v) is 3.08. The largest absolute Gasteiger partial charge is 0.381 e. The van der Waals surface area contributed by atoms with Gasteiger partial charge in [0.25, 0.3) is 5.91 Å². The summed E-state index contributed by atoms with van der Waals surface area (Å²) in [5.41, 5.74) is 2.52. The number of rotatable bonds is 4. The van der Waals surface area contributed by atoms with E-state index in [9.17, 15) is 14.0 Å². The number of anilines is 1. The average molecular weight is 418 g/mol. The normalized spacial score (nSPS) is 14.7. The van der Waals surface area contributed by atoms with Crippen molar-refractivity contribution in [2.75, 3.05) is 5.32 Å². The molecule has 2 aromatic carbocycles. The van der Waals surface area contributed by atoms with Gasteiger partial charge < -0.3 is 10.2 Å². The first kappa shape index (κ1) is 20.3. The van der Waals surface area contributed by atoms with Crippen LogP contribution in [-0.4, -0.2) is 33.0 Å². The number of nitrogens with zero attached hydrogens (tertiary/aromatic N) is 3. The number of hydrogen-bond acceptors (Lipinski definition) is 6. The lowest BCUT2D eigenvalue weighted by Crippen LogP contribution is -2.33. The zero-order valence-electron chi connectivity index (χ0n) is 17.1. The van der Waals surface area contributed by atoms with Gasteiger partial charge >= 0.3 is 0 Å². The Labute approximate surface area is 178 Å². The van der Waals surface area contributed by atoms with E-state index in [1.54, 1.807) is 13.8 Å². The molecule has 4 rings (SSSR count). The zero-order chi connectivity index (χ0) is 22.2. The molecule has 1 N–H and O–H groups in total. The molecule has 0 fully saturated rings. The summed E-state index contributed by atoms with van der Waals surface area (Å²) in [5, 5.41) is 6.57. The van der Waals surface area contributed by atoms with Crippen LogP contribution in [0.2, 0.25) is 0 Å². The first-order chi connectivity index (χ1) is 14.7. The molecular formula is C23H19FN4O3. The molecule has 1 amide bonds. The molecule has 0 unspecified atom stereocenters. The number of ketones is 1. The third-order valence-corrected chi connectivity index (χ3v) is 4.91. The summed E-state index contributed by atoms with van der Waals surface area (Å²) < 4.78 is 13.0. The number of aromatic nitrogens is 2. The molecule has 156 valence electrons. The van der Waals surface area contributed by atoms with Crippen LogP contribution in [0.25, 0.3) is 11.3 Å². The molecular weight excluding hydrogens is 399 g/mol. The van der Waals surface area contributed by atoms with Crippen molar-refractivity contribution in [2.24, 2.45) is 5.16 Å². The predicted molar refractivity (Wildman–Crippen MR) is 113 cm³/mol. The number of carbonyl (C=O) groups excluding carboxylic acids is 2. The van der Waals surface area contributed by atoms with Crippen molar-refractivity contribution >= 4 is 23.2 Å². The first-order valence-electron chi connectivity index (χ1n) is 9.56. The smallest absolute Gasteiger partial charge is 0.256 e. The van der Waals surface area contributed by atoms with Gasteiger partial charge in [0.05, 0.1) is 18.1 Å². The van der Waals surface area contributed by atoms with Gasteiger partial charge in [-0.1, -0.05) is 17.3 Å². The van der Waals surface area contributed by atoms with E-state index in [1.807, 2.05) is 25.1 Å². The Bertz CT molecular complexity index is 1200. The van der Waals surface area contributed by atoms with Gasteiger partial charge in [-0.15, -0.1) is 0 Å². The van der Waals surface area contributed by atoms with E-state index in [1.165, 1.54) is 36.7 Å². The van der Waals surface area contributed by atoms with Gasteiger partial charge in [0.15, 0.2) is 17.1 Å². The van der Waals surface area contributed by atoms with Crippen LogP contribution in [0, 0.1) is 12.7 Å². The summed E-state index contributed by atoms with van der Waals surface area (Å²) in [4.78, 5) is 38.6. The van der Waals surface area contributed by atoms with Crippen molar-refractivity contribution in [3.63, 3.8) is 0 Å². The Kier molecular flexibility index (Phi) is 5.06. The molecule has 0 radical (unpaired) electrons. The third kappa shape index (κ3) is 4.05. The molecule has 3 aromatic rings. The monoisotopic (exact) mass is 418 g/mol. The van der Waals surface area contributed by atoms with Crippen LogP contribution in [0.1, 0.15) is 35.3 Å². The van der Waals surface area contributed by atoms with Crippen LogP contribution >= 0.6 is 0 Å². The van der Waals surface area contributed by atoms with Gasteiger partial charge in [0.2, 0.25) is 5.78 Å². The predicted octanol–water partition coefficient (Wildman–Crippen LogP) is 3.93. The van der Waals surface area contributed by atoms with Gasteiger partial charge in [-0.25, -0.2) is 9.37 Å². The summed E-state index contributed by atoms with van der Waals surface area (Å²) in [6.45, 7) is 5.26. The Balaban J connectivity index is 1.56. The summed E-state index contributed by atoms with van der Waals surface area (Å²) >= 11 is 0. The number of hydrogen-bond donors (Lipinski definition) is 1. The summed E-state index contributed by atoms with van der Waals surface area (Å²) in [6, 6.07) is 10.7. The topological polar surface area (TPSA) is 93.5 Å². The number of amides is 1. The summed E-state index contributed by atoms with van der Waals surface area (Å²) in [7, 11) is 0. The minimum absolute atomic E-state index is 0.188.